The first kappa shape index (κ1) is 29.4. The molecular formula is C33H33FN6O3S. The lowest BCUT2D eigenvalue weighted by atomic mass is 10.1. The van der Waals surface area contributed by atoms with Crippen LogP contribution in [0.1, 0.15) is 45.2 Å². The zero-order valence-electron chi connectivity index (χ0n) is 24.8. The third kappa shape index (κ3) is 6.78. The summed E-state index contributed by atoms with van der Waals surface area (Å²) in [5, 5.41) is 9.97. The van der Waals surface area contributed by atoms with E-state index in [1.54, 1.807) is 34.4 Å². The van der Waals surface area contributed by atoms with Crippen LogP contribution in [0.5, 0.6) is 0 Å². The molecule has 0 unspecified atom stereocenters. The lowest BCUT2D eigenvalue weighted by Gasteiger charge is -2.33. The lowest BCUT2D eigenvalue weighted by molar-refractivity contribution is 0.0185. The van der Waals surface area contributed by atoms with Crippen LogP contribution >= 0.6 is 11.3 Å². The van der Waals surface area contributed by atoms with Crippen molar-refractivity contribution in [3.8, 4) is 32.3 Å². The number of nitrogens with zero attached hydrogens (tertiary/aromatic N) is 6. The van der Waals surface area contributed by atoms with Gasteiger partial charge in [0, 0.05) is 48.2 Å². The Hall–Kier alpha value is -4.64. The second-order valence-electron chi connectivity index (χ2n) is 11.9. The number of thiazole rings is 1. The van der Waals surface area contributed by atoms with E-state index in [0.29, 0.717) is 24.3 Å². The predicted molar refractivity (Wildman–Crippen MR) is 168 cm³/mol. The van der Waals surface area contributed by atoms with E-state index < -0.39 is 5.60 Å². The predicted octanol–water partition coefficient (Wildman–Crippen LogP) is 6.66. The largest absolute Gasteiger partial charge is 0.444 e. The molecule has 1 aliphatic rings. The molecule has 0 atom stereocenters. The maximum atomic E-state index is 13.7. The van der Waals surface area contributed by atoms with Crippen molar-refractivity contribution in [3.63, 3.8) is 0 Å². The standard InChI is InChI=1S/C33H33FN6O3S/c1-33(2,3)43-32(42)38-14-12-27(13-15-38)39-21-25(18-36-39)29-19-35-31(44-29)24-8-4-6-22(16-24)20-40-30(41)11-10-28(37-40)23-7-5-9-26(34)17-23/h4-11,16-19,21,27H,12-15,20H2,1-3H3. The third-order valence-corrected chi connectivity index (χ3v) is 8.47. The molecule has 0 aliphatic carbocycles. The minimum atomic E-state index is -0.506. The molecule has 6 rings (SSSR count). The number of rotatable bonds is 6. The van der Waals surface area contributed by atoms with Crippen molar-refractivity contribution < 1.29 is 13.9 Å². The summed E-state index contributed by atoms with van der Waals surface area (Å²) in [6.45, 7) is 7.16. The van der Waals surface area contributed by atoms with Gasteiger partial charge in [-0.1, -0.05) is 30.3 Å². The topological polar surface area (TPSA) is 95.1 Å². The van der Waals surface area contributed by atoms with Crippen molar-refractivity contribution in [2.24, 2.45) is 0 Å². The van der Waals surface area contributed by atoms with Gasteiger partial charge in [-0.2, -0.15) is 10.2 Å². The number of amides is 1. The Balaban J connectivity index is 1.13. The Morgan fingerprint density at radius 3 is 2.55 bits per heavy atom. The van der Waals surface area contributed by atoms with Gasteiger partial charge in [0.2, 0.25) is 0 Å². The summed E-state index contributed by atoms with van der Waals surface area (Å²) in [6.07, 6.45) is 7.12. The molecule has 1 aliphatic heterocycles. The Morgan fingerprint density at radius 1 is 1.00 bits per heavy atom. The summed E-state index contributed by atoms with van der Waals surface area (Å²) in [5.74, 6) is -0.356. The van der Waals surface area contributed by atoms with E-state index in [0.717, 1.165) is 39.4 Å². The van der Waals surface area contributed by atoms with E-state index in [4.69, 9.17) is 4.74 Å². The molecule has 44 heavy (non-hydrogen) atoms. The second kappa shape index (κ2) is 12.2. The smallest absolute Gasteiger partial charge is 0.410 e. The van der Waals surface area contributed by atoms with Gasteiger partial charge in [0.15, 0.2) is 0 Å². The molecule has 4 heterocycles. The van der Waals surface area contributed by atoms with Gasteiger partial charge in [0.05, 0.1) is 29.4 Å². The van der Waals surface area contributed by atoms with Gasteiger partial charge >= 0.3 is 6.09 Å². The van der Waals surface area contributed by atoms with Crippen LogP contribution in [0.2, 0.25) is 0 Å². The zero-order valence-corrected chi connectivity index (χ0v) is 25.6. The van der Waals surface area contributed by atoms with Crippen molar-refractivity contribution >= 4 is 17.4 Å². The van der Waals surface area contributed by atoms with Crippen LogP contribution in [0.3, 0.4) is 0 Å². The molecule has 5 aromatic rings. The molecule has 2 aromatic carbocycles. The molecule has 226 valence electrons. The van der Waals surface area contributed by atoms with Crippen LogP contribution in [-0.2, 0) is 11.3 Å². The summed E-state index contributed by atoms with van der Waals surface area (Å²) in [4.78, 5) is 32.4. The van der Waals surface area contributed by atoms with E-state index in [2.05, 4.69) is 15.2 Å². The molecule has 0 bridgehead atoms. The fourth-order valence-electron chi connectivity index (χ4n) is 5.19. The lowest BCUT2D eigenvalue weighted by Crippen LogP contribution is -2.42. The average molecular weight is 613 g/mol. The van der Waals surface area contributed by atoms with Crippen LogP contribution in [0.25, 0.3) is 32.3 Å². The first-order valence-corrected chi connectivity index (χ1v) is 15.3. The van der Waals surface area contributed by atoms with E-state index in [9.17, 15) is 14.0 Å². The van der Waals surface area contributed by atoms with Crippen molar-refractivity contribution in [2.45, 2.75) is 51.8 Å². The van der Waals surface area contributed by atoms with Crippen LogP contribution in [0.15, 0.2) is 84.0 Å². The number of likely N-dealkylation sites (tertiary alicyclic amines) is 1. The molecule has 9 nitrogen and oxygen atoms in total. The number of aromatic nitrogens is 5. The minimum absolute atomic E-state index is 0.211. The van der Waals surface area contributed by atoms with Gasteiger partial charge in [-0.15, -0.1) is 11.3 Å². The maximum Gasteiger partial charge on any atom is 0.410 e. The van der Waals surface area contributed by atoms with Crippen LogP contribution < -0.4 is 5.56 Å². The molecular weight excluding hydrogens is 579 g/mol. The average Bonchev–Trinajstić information content (AvgIpc) is 3.69. The minimum Gasteiger partial charge on any atom is -0.444 e. The van der Waals surface area contributed by atoms with Crippen molar-refractivity contribution in [2.75, 3.05) is 13.1 Å². The van der Waals surface area contributed by atoms with Gasteiger partial charge < -0.3 is 9.64 Å². The fraction of sp³-hybridized carbons (Fsp3) is 0.303. The summed E-state index contributed by atoms with van der Waals surface area (Å²) in [5.41, 5.74) is 3.22. The molecule has 0 spiro atoms. The SMILES string of the molecule is CC(C)(C)OC(=O)N1CCC(n2cc(-c3cnc(-c4cccc(Cn5nc(-c6cccc(F)c6)ccc5=O)c4)s3)cn2)CC1. The number of hydrogen-bond donors (Lipinski definition) is 0. The summed E-state index contributed by atoms with van der Waals surface area (Å²) in [6, 6.07) is 17.3. The van der Waals surface area contributed by atoms with Crippen LogP contribution in [-0.4, -0.2) is 54.2 Å². The number of hydrogen-bond acceptors (Lipinski definition) is 7. The fourth-order valence-corrected chi connectivity index (χ4v) is 6.07. The molecule has 1 fully saturated rings. The second-order valence-corrected chi connectivity index (χ2v) is 12.9. The van der Waals surface area contributed by atoms with Gasteiger partial charge in [0.25, 0.3) is 5.56 Å². The highest BCUT2D eigenvalue weighted by molar-refractivity contribution is 7.18. The number of ether oxygens (including phenoxy) is 1. The van der Waals surface area contributed by atoms with E-state index in [-0.39, 0.29) is 30.1 Å². The third-order valence-electron chi connectivity index (χ3n) is 7.38. The number of benzene rings is 2. The Bertz CT molecular complexity index is 1850. The molecule has 0 radical (unpaired) electrons. The van der Waals surface area contributed by atoms with Gasteiger partial charge in [-0.25, -0.2) is 18.9 Å². The number of piperidine rings is 1. The highest BCUT2D eigenvalue weighted by Gasteiger charge is 2.28. The first-order chi connectivity index (χ1) is 21.1. The monoisotopic (exact) mass is 612 g/mol. The van der Waals surface area contributed by atoms with Gasteiger partial charge in [0.1, 0.15) is 16.4 Å². The van der Waals surface area contributed by atoms with Crippen molar-refractivity contribution in [1.82, 2.24) is 29.4 Å². The molecule has 0 saturated carbocycles. The summed E-state index contributed by atoms with van der Waals surface area (Å²) in [7, 11) is 0. The Labute approximate surface area is 258 Å². The summed E-state index contributed by atoms with van der Waals surface area (Å²) >= 11 is 1.57. The van der Waals surface area contributed by atoms with Crippen LogP contribution in [0, 0.1) is 5.82 Å². The first-order valence-electron chi connectivity index (χ1n) is 14.5. The van der Waals surface area contributed by atoms with E-state index >= 15 is 0 Å². The maximum absolute atomic E-state index is 13.7. The summed E-state index contributed by atoms with van der Waals surface area (Å²) < 4.78 is 22.6. The molecule has 0 N–H and O–H groups in total. The number of halogens is 1. The molecule has 11 heteroatoms. The number of carbonyl (C=O) groups is 1. The molecule has 3 aromatic heterocycles. The molecule has 1 saturated heterocycles. The quantitative estimate of drug-likeness (QED) is 0.213. The van der Waals surface area contributed by atoms with Gasteiger partial charge in [-0.3, -0.25) is 9.48 Å². The van der Waals surface area contributed by atoms with E-state index in [1.807, 2.05) is 68.3 Å². The molecule has 1 amide bonds. The van der Waals surface area contributed by atoms with Crippen molar-refractivity contribution in [1.29, 1.82) is 0 Å². The normalized spacial score (nSPS) is 14.1. The Kier molecular flexibility index (Phi) is 8.13. The van der Waals surface area contributed by atoms with Crippen LogP contribution in [0.4, 0.5) is 9.18 Å². The van der Waals surface area contributed by atoms with E-state index in [1.165, 1.54) is 22.9 Å². The highest BCUT2D eigenvalue weighted by Crippen LogP contribution is 2.33. The van der Waals surface area contributed by atoms with Gasteiger partial charge in [-0.05, 0) is 63.4 Å². The van der Waals surface area contributed by atoms with Crippen molar-refractivity contribution in [3.05, 3.63) is 101 Å². The Morgan fingerprint density at radius 2 is 1.77 bits per heavy atom. The zero-order chi connectivity index (χ0) is 30.8. The highest BCUT2D eigenvalue weighted by atomic mass is 32.1. The number of carbonyl (C=O) groups excluding carboxylic acids is 1.